The number of carbonyl (C=O) groups is 1. The number of hydrogen-bond acceptors (Lipinski definition) is 3. The highest BCUT2D eigenvalue weighted by molar-refractivity contribution is 6.30. The lowest BCUT2D eigenvalue weighted by Gasteiger charge is -2.25. The van der Waals surface area contributed by atoms with Gasteiger partial charge in [0.25, 0.3) is 5.91 Å². The molecule has 1 amide bonds. The molecule has 0 aliphatic heterocycles. The Balaban J connectivity index is 2.46. The monoisotopic (exact) mass is 271 g/mol. The molecule has 1 N–H and O–H groups in total. The Kier molecular flexibility index (Phi) is 4.99. The molecule has 18 heavy (non-hydrogen) atoms. The molecule has 0 radical (unpaired) electrons. The minimum Gasteiger partial charge on any atom is -0.484 e. The molecule has 0 aliphatic carbocycles. The molecule has 1 aromatic rings. The van der Waals surface area contributed by atoms with Gasteiger partial charge in [0.05, 0.1) is 5.60 Å². The number of ether oxygens (including phenoxy) is 1. The summed E-state index contributed by atoms with van der Waals surface area (Å²) >= 11 is 5.80. The van der Waals surface area contributed by atoms with E-state index in [0.29, 0.717) is 10.8 Å². The molecule has 0 saturated carbocycles. The Bertz CT molecular complexity index is 415. The van der Waals surface area contributed by atoms with Crippen LogP contribution < -0.4 is 4.74 Å². The molecule has 0 fully saturated rings. The number of likely N-dealkylation sites (N-methyl/N-ethyl adjacent to an activating group) is 1. The van der Waals surface area contributed by atoms with E-state index in [-0.39, 0.29) is 19.1 Å². The van der Waals surface area contributed by atoms with Crippen molar-refractivity contribution in [3.8, 4) is 5.75 Å². The summed E-state index contributed by atoms with van der Waals surface area (Å²) in [5, 5.41) is 10.2. The average molecular weight is 272 g/mol. The van der Waals surface area contributed by atoms with E-state index in [1.54, 1.807) is 45.2 Å². The van der Waals surface area contributed by atoms with Gasteiger partial charge in [0.15, 0.2) is 6.61 Å². The maximum absolute atomic E-state index is 11.7. The molecule has 0 heterocycles. The normalized spacial score (nSPS) is 11.2. The molecule has 0 unspecified atom stereocenters. The Morgan fingerprint density at radius 3 is 2.72 bits per heavy atom. The fourth-order valence-electron chi connectivity index (χ4n) is 1.48. The molecule has 0 bridgehead atoms. The van der Waals surface area contributed by atoms with E-state index in [0.717, 1.165) is 0 Å². The molecular weight excluding hydrogens is 254 g/mol. The van der Waals surface area contributed by atoms with Crippen molar-refractivity contribution in [1.82, 2.24) is 4.90 Å². The number of benzene rings is 1. The van der Waals surface area contributed by atoms with Crippen molar-refractivity contribution in [2.24, 2.45) is 0 Å². The van der Waals surface area contributed by atoms with E-state index < -0.39 is 5.60 Å². The van der Waals surface area contributed by atoms with Gasteiger partial charge >= 0.3 is 0 Å². The van der Waals surface area contributed by atoms with E-state index in [1.807, 2.05) is 0 Å². The highest BCUT2D eigenvalue weighted by Crippen LogP contribution is 2.17. The van der Waals surface area contributed by atoms with Crippen LogP contribution in [0.5, 0.6) is 5.75 Å². The van der Waals surface area contributed by atoms with Gasteiger partial charge in [-0.2, -0.15) is 0 Å². The predicted molar refractivity (Wildman–Crippen MR) is 70.9 cm³/mol. The van der Waals surface area contributed by atoms with Crippen LogP contribution in [0.4, 0.5) is 0 Å². The van der Waals surface area contributed by atoms with Gasteiger partial charge in [0, 0.05) is 18.6 Å². The number of nitrogens with zero attached hydrogens (tertiary/aromatic N) is 1. The fraction of sp³-hybridized carbons (Fsp3) is 0.462. The van der Waals surface area contributed by atoms with Crippen LogP contribution in [0.2, 0.25) is 5.02 Å². The lowest BCUT2D eigenvalue weighted by atomic mass is 10.1. The standard InChI is InChI=1S/C13H18ClNO3/c1-13(2,17)9-15(3)12(16)8-18-11-6-4-5-10(14)7-11/h4-7,17H,8-9H2,1-3H3. The van der Waals surface area contributed by atoms with Gasteiger partial charge in [-0.25, -0.2) is 0 Å². The summed E-state index contributed by atoms with van der Waals surface area (Å²) in [4.78, 5) is 13.2. The summed E-state index contributed by atoms with van der Waals surface area (Å²) in [6.07, 6.45) is 0. The molecule has 0 aliphatic rings. The smallest absolute Gasteiger partial charge is 0.260 e. The third kappa shape index (κ3) is 5.38. The first-order valence-corrected chi connectivity index (χ1v) is 6.00. The molecular formula is C13H18ClNO3. The first-order valence-electron chi connectivity index (χ1n) is 5.63. The van der Waals surface area contributed by atoms with E-state index in [9.17, 15) is 9.90 Å². The summed E-state index contributed by atoms with van der Waals surface area (Å²) in [6.45, 7) is 3.47. The minimum atomic E-state index is -0.916. The first kappa shape index (κ1) is 14.8. The van der Waals surface area contributed by atoms with Crippen molar-refractivity contribution < 1.29 is 14.6 Å². The zero-order valence-corrected chi connectivity index (χ0v) is 11.6. The van der Waals surface area contributed by atoms with Gasteiger partial charge in [-0.3, -0.25) is 4.79 Å². The molecule has 0 aromatic heterocycles. The van der Waals surface area contributed by atoms with Crippen molar-refractivity contribution in [3.05, 3.63) is 29.3 Å². The van der Waals surface area contributed by atoms with Gasteiger partial charge < -0.3 is 14.7 Å². The van der Waals surface area contributed by atoms with Gasteiger partial charge in [0.2, 0.25) is 0 Å². The molecule has 0 spiro atoms. The number of aliphatic hydroxyl groups is 1. The lowest BCUT2D eigenvalue weighted by Crippen LogP contribution is -2.41. The van der Waals surface area contributed by atoms with Crippen LogP contribution in [-0.4, -0.2) is 41.7 Å². The lowest BCUT2D eigenvalue weighted by molar-refractivity contribution is -0.134. The highest BCUT2D eigenvalue weighted by Gasteiger charge is 2.19. The van der Waals surface area contributed by atoms with Crippen molar-refractivity contribution in [3.63, 3.8) is 0 Å². The van der Waals surface area contributed by atoms with Crippen LogP contribution in [0.25, 0.3) is 0 Å². The zero-order valence-electron chi connectivity index (χ0n) is 10.8. The first-order chi connectivity index (χ1) is 8.28. The van der Waals surface area contributed by atoms with Crippen LogP contribution >= 0.6 is 11.6 Å². The topological polar surface area (TPSA) is 49.8 Å². The average Bonchev–Trinajstić information content (AvgIpc) is 2.23. The van der Waals surface area contributed by atoms with E-state index in [4.69, 9.17) is 16.3 Å². The van der Waals surface area contributed by atoms with Crippen molar-refractivity contribution in [2.75, 3.05) is 20.2 Å². The maximum atomic E-state index is 11.7. The third-order valence-electron chi connectivity index (χ3n) is 2.21. The Labute approximate surface area is 112 Å². The molecule has 0 saturated heterocycles. The fourth-order valence-corrected chi connectivity index (χ4v) is 1.66. The summed E-state index contributed by atoms with van der Waals surface area (Å²) in [6, 6.07) is 6.86. The molecule has 0 atom stereocenters. The number of carbonyl (C=O) groups excluding carboxylic acids is 1. The van der Waals surface area contributed by atoms with Crippen LogP contribution in [0.1, 0.15) is 13.8 Å². The van der Waals surface area contributed by atoms with E-state index in [1.165, 1.54) is 4.90 Å². The van der Waals surface area contributed by atoms with Crippen LogP contribution in [0.3, 0.4) is 0 Å². The van der Waals surface area contributed by atoms with Crippen LogP contribution in [0, 0.1) is 0 Å². The zero-order chi connectivity index (χ0) is 13.8. The summed E-state index contributed by atoms with van der Waals surface area (Å²) < 4.78 is 5.33. The van der Waals surface area contributed by atoms with E-state index >= 15 is 0 Å². The SMILES string of the molecule is CN(CC(C)(C)O)C(=O)COc1cccc(Cl)c1. The number of rotatable bonds is 5. The van der Waals surface area contributed by atoms with E-state index in [2.05, 4.69) is 0 Å². The molecule has 4 nitrogen and oxygen atoms in total. The summed E-state index contributed by atoms with van der Waals surface area (Å²) in [5.41, 5.74) is -0.916. The van der Waals surface area contributed by atoms with Gasteiger partial charge in [-0.15, -0.1) is 0 Å². The third-order valence-corrected chi connectivity index (χ3v) is 2.44. The van der Waals surface area contributed by atoms with Crippen molar-refractivity contribution in [2.45, 2.75) is 19.4 Å². The Morgan fingerprint density at radius 1 is 1.50 bits per heavy atom. The predicted octanol–water partition coefficient (Wildman–Crippen LogP) is 1.95. The summed E-state index contributed by atoms with van der Waals surface area (Å²) in [5.74, 6) is 0.351. The number of amides is 1. The van der Waals surface area contributed by atoms with Gasteiger partial charge in [-0.05, 0) is 32.0 Å². The molecule has 1 aromatic carbocycles. The minimum absolute atomic E-state index is 0.0765. The van der Waals surface area contributed by atoms with Crippen LogP contribution in [0.15, 0.2) is 24.3 Å². The van der Waals surface area contributed by atoms with Gasteiger partial charge in [-0.1, -0.05) is 17.7 Å². The highest BCUT2D eigenvalue weighted by atomic mass is 35.5. The summed E-state index contributed by atoms with van der Waals surface area (Å²) in [7, 11) is 1.63. The van der Waals surface area contributed by atoms with Crippen molar-refractivity contribution >= 4 is 17.5 Å². The number of hydrogen-bond donors (Lipinski definition) is 1. The largest absolute Gasteiger partial charge is 0.484 e. The van der Waals surface area contributed by atoms with Gasteiger partial charge in [0.1, 0.15) is 5.75 Å². The Hall–Kier alpha value is -1.26. The second kappa shape index (κ2) is 6.07. The van der Waals surface area contributed by atoms with Crippen LogP contribution in [-0.2, 0) is 4.79 Å². The molecule has 5 heteroatoms. The Morgan fingerprint density at radius 2 is 2.17 bits per heavy atom. The molecule has 100 valence electrons. The maximum Gasteiger partial charge on any atom is 0.260 e. The number of halogens is 1. The quantitative estimate of drug-likeness (QED) is 0.891. The molecule has 1 rings (SSSR count). The second-order valence-corrected chi connectivity index (χ2v) is 5.24. The second-order valence-electron chi connectivity index (χ2n) is 4.81. The van der Waals surface area contributed by atoms with Crippen molar-refractivity contribution in [1.29, 1.82) is 0 Å².